The molecule has 31 heavy (non-hydrogen) atoms. The number of benzene rings is 2. The molecule has 2 aromatic heterocycles. The molecular formula is C24H17ClN2O2S2. The lowest BCUT2D eigenvalue weighted by Crippen LogP contribution is -2.22. The molecule has 7 heteroatoms. The van der Waals surface area contributed by atoms with Crippen molar-refractivity contribution in [3.05, 3.63) is 98.6 Å². The second-order valence-electron chi connectivity index (χ2n) is 7.04. The van der Waals surface area contributed by atoms with E-state index < -0.39 is 0 Å². The van der Waals surface area contributed by atoms with Crippen molar-refractivity contribution in [2.45, 2.75) is 23.3 Å². The molecule has 4 nitrogen and oxygen atoms in total. The predicted octanol–water partition coefficient (Wildman–Crippen LogP) is 6.87. The Labute approximate surface area is 193 Å². The van der Waals surface area contributed by atoms with E-state index in [0.717, 1.165) is 43.2 Å². The van der Waals surface area contributed by atoms with E-state index >= 15 is 0 Å². The van der Waals surface area contributed by atoms with E-state index in [4.69, 9.17) is 21.0 Å². The first-order chi connectivity index (χ1) is 15.1. The van der Waals surface area contributed by atoms with E-state index in [1.807, 2.05) is 61.5 Å². The van der Waals surface area contributed by atoms with Crippen LogP contribution in [-0.2, 0) is 6.54 Å². The molecule has 4 aromatic rings. The smallest absolute Gasteiger partial charge is 0.251 e. The zero-order chi connectivity index (χ0) is 21.4. The molecule has 0 atom stereocenters. The molecule has 2 aromatic carbocycles. The summed E-state index contributed by atoms with van der Waals surface area (Å²) in [6.07, 6.45) is 0. The Kier molecular flexibility index (Phi) is 5.44. The number of hydrogen-bond acceptors (Lipinski definition) is 5. The molecule has 0 spiro atoms. The second kappa shape index (κ2) is 8.38. The fourth-order valence-electron chi connectivity index (χ4n) is 3.36. The molecule has 0 unspecified atom stereocenters. The van der Waals surface area contributed by atoms with E-state index in [1.165, 1.54) is 11.3 Å². The van der Waals surface area contributed by atoms with Crippen LogP contribution in [0.25, 0.3) is 0 Å². The minimum Gasteiger partial charge on any atom is -0.465 e. The summed E-state index contributed by atoms with van der Waals surface area (Å²) >= 11 is 9.35. The van der Waals surface area contributed by atoms with Crippen molar-refractivity contribution in [2.24, 2.45) is 4.99 Å². The number of hydrogen-bond donors (Lipinski definition) is 1. The number of nitrogens with zero attached hydrogens (tertiary/aromatic N) is 1. The van der Waals surface area contributed by atoms with E-state index in [0.29, 0.717) is 16.4 Å². The summed E-state index contributed by atoms with van der Waals surface area (Å²) in [5, 5.41) is 2.91. The fraction of sp³-hybridized carbons (Fsp3) is 0.0833. The predicted molar refractivity (Wildman–Crippen MR) is 126 cm³/mol. The van der Waals surface area contributed by atoms with Crippen LogP contribution in [0.4, 0.5) is 5.69 Å². The van der Waals surface area contributed by atoms with Crippen LogP contribution in [0.15, 0.2) is 85.9 Å². The Bertz CT molecular complexity index is 1320. The van der Waals surface area contributed by atoms with Gasteiger partial charge in [-0.3, -0.25) is 4.79 Å². The van der Waals surface area contributed by atoms with Crippen molar-refractivity contribution < 1.29 is 9.21 Å². The first-order valence-corrected chi connectivity index (χ1v) is 11.7. The number of thiophene rings is 1. The van der Waals surface area contributed by atoms with E-state index in [1.54, 1.807) is 11.8 Å². The van der Waals surface area contributed by atoms with Crippen molar-refractivity contribution in [1.82, 2.24) is 5.32 Å². The Morgan fingerprint density at radius 2 is 1.94 bits per heavy atom. The van der Waals surface area contributed by atoms with Gasteiger partial charge in [0.1, 0.15) is 11.5 Å². The van der Waals surface area contributed by atoms with Gasteiger partial charge in [0.2, 0.25) is 0 Å². The van der Waals surface area contributed by atoms with Crippen molar-refractivity contribution in [2.75, 3.05) is 0 Å². The topological polar surface area (TPSA) is 54.6 Å². The van der Waals surface area contributed by atoms with E-state index in [2.05, 4.69) is 17.4 Å². The lowest BCUT2D eigenvalue weighted by atomic mass is 10.1. The molecule has 1 aliphatic heterocycles. The normalized spacial score (nSPS) is 12.5. The first kappa shape index (κ1) is 20.1. The van der Waals surface area contributed by atoms with Gasteiger partial charge in [0, 0.05) is 20.9 Å². The highest BCUT2D eigenvalue weighted by molar-refractivity contribution is 7.99. The standard InChI is InChI=1S/C24H17ClN2O2S2/c1-14-6-8-16(29-14)13-26-24(28)15-7-9-20-18(12-15)27-23(21-10-11-22(25)31-21)17-4-2-3-5-19(17)30-20/h2-12H,13H2,1H3,(H,26,28). The van der Waals surface area contributed by atoms with Gasteiger partial charge in [-0.2, -0.15) is 0 Å². The van der Waals surface area contributed by atoms with Gasteiger partial charge in [-0.25, -0.2) is 4.99 Å². The van der Waals surface area contributed by atoms with Crippen LogP contribution in [0, 0.1) is 6.92 Å². The van der Waals surface area contributed by atoms with Gasteiger partial charge < -0.3 is 9.73 Å². The van der Waals surface area contributed by atoms with Gasteiger partial charge in [0.15, 0.2) is 0 Å². The van der Waals surface area contributed by atoms with Crippen LogP contribution in [-0.4, -0.2) is 11.6 Å². The number of amides is 1. The SMILES string of the molecule is Cc1ccc(CNC(=O)c2ccc3c(c2)N=C(c2ccc(Cl)s2)c2ccccc2S3)o1. The molecule has 0 bridgehead atoms. The zero-order valence-electron chi connectivity index (χ0n) is 16.5. The molecule has 5 rings (SSSR count). The third-order valence-electron chi connectivity index (χ3n) is 4.84. The number of aliphatic imine (C=N–C) groups is 1. The molecule has 3 heterocycles. The number of carbonyl (C=O) groups excluding carboxylic acids is 1. The number of carbonyl (C=O) groups is 1. The Hall–Kier alpha value is -2.80. The van der Waals surface area contributed by atoms with Crippen molar-refractivity contribution in [3.8, 4) is 0 Å². The van der Waals surface area contributed by atoms with Crippen LogP contribution in [0.2, 0.25) is 4.34 Å². The minimum absolute atomic E-state index is 0.167. The van der Waals surface area contributed by atoms with Gasteiger partial charge in [0.25, 0.3) is 5.91 Å². The van der Waals surface area contributed by atoms with Gasteiger partial charge in [-0.05, 0) is 55.5 Å². The van der Waals surface area contributed by atoms with Gasteiger partial charge >= 0.3 is 0 Å². The number of nitrogens with one attached hydrogen (secondary N) is 1. The Morgan fingerprint density at radius 1 is 1.06 bits per heavy atom. The molecular weight excluding hydrogens is 448 g/mol. The number of aryl methyl sites for hydroxylation is 1. The zero-order valence-corrected chi connectivity index (χ0v) is 18.9. The average Bonchev–Trinajstić information content (AvgIpc) is 3.35. The Balaban J connectivity index is 1.50. The highest BCUT2D eigenvalue weighted by atomic mass is 35.5. The van der Waals surface area contributed by atoms with Crippen LogP contribution >= 0.6 is 34.7 Å². The van der Waals surface area contributed by atoms with Crippen LogP contribution in [0.5, 0.6) is 0 Å². The molecule has 154 valence electrons. The maximum absolute atomic E-state index is 12.7. The molecule has 0 fully saturated rings. The van der Waals surface area contributed by atoms with E-state index in [9.17, 15) is 4.79 Å². The first-order valence-electron chi connectivity index (χ1n) is 9.66. The van der Waals surface area contributed by atoms with Crippen molar-refractivity contribution in [3.63, 3.8) is 0 Å². The third kappa shape index (κ3) is 4.19. The molecule has 1 amide bonds. The average molecular weight is 465 g/mol. The summed E-state index contributed by atoms with van der Waals surface area (Å²) in [7, 11) is 0. The second-order valence-corrected chi connectivity index (χ2v) is 9.84. The van der Waals surface area contributed by atoms with Crippen LogP contribution < -0.4 is 5.32 Å². The maximum Gasteiger partial charge on any atom is 0.251 e. The molecule has 1 aliphatic rings. The molecule has 0 saturated heterocycles. The summed E-state index contributed by atoms with van der Waals surface area (Å²) in [6, 6.07) is 21.4. The Morgan fingerprint density at radius 3 is 2.71 bits per heavy atom. The molecule has 0 radical (unpaired) electrons. The summed E-state index contributed by atoms with van der Waals surface area (Å²) in [5.41, 5.74) is 3.24. The monoisotopic (exact) mass is 464 g/mol. The summed E-state index contributed by atoms with van der Waals surface area (Å²) < 4.78 is 6.24. The van der Waals surface area contributed by atoms with Crippen LogP contribution in [0.3, 0.4) is 0 Å². The largest absolute Gasteiger partial charge is 0.465 e. The highest BCUT2D eigenvalue weighted by Gasteiger charge is 2.21. The van der Waals surface area contributed by atoms with Crippen molar-refractivity contribution in [1.29, 1.82) is 0 Å². The minimum atomic E-state index is -0.167. The summed E-state index contributed by atoms with van der Waals surface area (Å²) in [5.74, 6) is 1.38. The quantitative estimate of drug-likeness (QED) is 0.316. The lowest BCUT2D eigenvalue weighted by Gasteiger charge is -2.07. The summed E-state index contributed by atoms with van der Waals surface area (Å²) in [6.45, 7) is 2.22. The lowest BCUT2D eigenvalue weighted by molar-refractivity contribution is 0.0948. The maximum atomic E-state index is 12.7. The number of rotatable bonds is 4. The highest BCUT2D eigenvalue weighted by Crippen LogP contribution is 2.42. The molecule has 1 N–H and O–H groups in total. The number of halogens is 1. The molecule has 0 aliphatic carbocycles. The van der Waals surface area contributed by atoms with Gasteiger partial charge in [0.05, 0.1) is 27.2 Å². The van der Waals surface area contributed by atoms with Gasteiger partial charge in [-0.15, -0.1) is 11.3 Å². The molecule has 0 saturated carbocycles. The third-order valence-corrected chi connectivity index (χ3v) is 7.22. The number of fused-ring (bicyclic) bond motifs is 2. The fourth-order valence-corrected chi connectivity index (χ4v) is 5.41. The van der Waals surface area contributed by atoms with Crippen molar-refractivity contribution >= 4 is 52.0 Å². The van der Waals surface area contributed by atoms with Crippen LogP contribution in [0.1, 0.15) is 32.3 Å². The van der Waals surface area contributed by atoms with Gasteiger partial charge in [-0.1, -0.05) is 41.6 Å². The van der Waals surface area contributed by atoms with E-state index in [-0.39, 0.29) is 5.91 Å². The summed E-state index contributed by atoms with van der Waals surface area (Å²) in [4.78, 5) is 20.8. The number of furan rings is 1.